The van der Waals surface area contributed by atoms with E-state index in [2.05, 4.69) is 26.0 Å². The van der Waals surface area contributed by atoms with Crippen LogP contribution in [0.2, 0.25) is 0 Å². The third-order valence-electron chi connectivity index (χ3n) is 7.32. The summed E-state index contributed by atoms with van der Waals surface area (Å²) in [5.41, 5.74) is 7.90. The lowest BCUT2D eigenvalue weighted by Crippen LogP contribution is -2.63. The molecule has 0 radical (unpaired) electrons. The number of aromatic nitrogens is 3. The Morgan fingerprint density at radius 1 is 1.10 bits per heavy atom. The Hall–Kier alpha value is -4.74. The highest BCUT2D eigenvalue weighted by molar-refractivity contribution is 6.07. The van der Waals surface area contributed by atoms with Gasteiger partial charge < -0.3 is 26.6 Å². The lowest BCUT2D eigenvalue weighted by atomic mass is 9.98. The van der Waals surface area contributed by atoms with E-state index in [1.54, 1.807) is 43.1 Å². The number of nitrogens with one attached hydrogen (secondary N) is 3. The summed E-state index contributed by atoms with van der Waals surface area (Å²) in [6.45, 7) is 11.8. The number of nitrogens with zero attached hydrogens (tertiary/aromatic N) is 4. The summed E-state index contributed by atoms with van der Waals surface area (Å²) in [6.07, 6.45) is 4.64. The average molecular weight is 575 g/mol. The summed E-state index contributed by atoms with van der Waals surface area (Å²) < 4.78 is 1.63. The summed E-state index contributed by atoms with van der Waals surface area (Å²) in [5.74, 6) is -1.26. The number of anilines is 2. The number of benzene rings is 1. The van der Waals surface area contributed by atoms with Crippen molar-refractivity contribution in [3.8, 4) is 0 Å². The predicted octanol–water partition coefficient (Wildman–Crippen LogP) is 3.22. The first-order valence-electron chi connectivity index (χ1n) is 13.8. The fourth-order valence-electron chi connectivity index (χ4n) is 4.65. The predicted molar refractivity (Wildman–Crippen MR) is 159 cm³/mol. The fraction of sp³-hybridized carbons (Fsp3) is 0.400. The number of nitrogens with two attached hydrogens (primary N) is 1. The molecule has 1 fully saturated rings. The molecule has 5 N–H and O–H groups in total. The van der Waals surface area contributed by atoms with Crippen molar-refractivity contribution in [2.24, 2.45) is 5.73 Å². The van der Waals surface area contributed by atoms with Gasteiger partial charge in [0, 0.05) is 25.0 Å². The largest absolute Gasteiger partial charge is 0.364 e. The summed E-state index contributed by atoms with van der Waals surface area (Å²) in [4.78, 5) is 56.1. The van der Waals surface area contributed by atoms with Crippen LogP contribution in [0.3, 0.4) is 0 Å². The van der Waals surface area contributed by atoms with Crippen LogP contribution in [0, 0.1) is 6.92 Å². The van der Waals surface area contributed by atoms with Gasteiger partial charge in [0.2, 0.25) is 5.91 Å². The standard InChI is InChI=1S/C30H38N8O4/c1-18-7-11-21(15-20(18)10-8-19-9-12-22(25(31)39)33-16-19)34-28(42)35-23-17-38(29(2,3)4)36-24(23)26(40)37-14-13-32-27(41)30(37,5)6/h7,9,11-12,15-17H,8,10,13-14H2,1-6H3,(H2,31,39)(H,32,41)(H2,34,35,42). The van der Waals surface area contributed by atoms with E-state index in [-0.39, 0.29) is 23.0 Å². The van der Waals surface area contributed by atoms with Crippen molar-refractivity contribution in [3.05, 3.63) is 70.8 Å². The first kappa shape index (κ1) is 30.2. The molecule has 42 heavy (non-hydrogen) atoms. The van der Waals surface area contributed by atoms with Gasteiger partial charge >= 0.3 is 6.03 Å². The van der Waals surface area contributed by atoms with E-state index >= 15 is 0 Å². The molecule has 0 unspecified atom stereocenters. The molecule has 1 aromatic carbocycles. The van der Waals surface area contributed by atoms with E-state index in [1.165, 1.54) is 4.90 Å². The van der Waals surface area contributed by atoms with E-state index in [1.807, 2.05) is 45.9 Å². The van der Waals surface area contributed by atoms with Crippen LogP contribution in [-0.2, 0) is 23.2 Å². The number of hydrogen-bond acceptors (Lipinski definition) is 6. The summed E-state index contributed by atoms with van der Waals surface area (Å²) >= 11 is 0. The number of carbonyl (C=O) groups excluding carboxylic acids is 4. The number of primary amides is 1. The van der Waals surface area contributed by atoms with Crippen molar-refractivity contribution in [1.29, 1.82) is 0 Å². The zero-order valence-electron chi connectivity index (χ0n) is 24.9. The molecule has 12 nitrogen and oxygen atoms in total. The number of carbonyl (C=O) groups is 4. The molecular formula is C30H38N8O4. The van der Waals surface area contributed by atoms with Crippen LogP contribution in [0.5, 0.6) is 0 Å². The van der Waals surface area contributed by atoms with Gasteiger partial charge in [-0.25, -0.2) is 4.79 Å². The molecule has 0 atom stereocenters. The second-order valence-electron chi connectivity index (χ2n) is 11.9. The lowest BCUT2D eigenvalue weighted by molar-refractivity contribution is -0.133. The van der Waals surface area contributed by atoms with E-state index in [0.29, 0.717) is 31.6 Å². The van der Waals surface area contributed by atoms with Crippen LogP contribution in [0.1, 0.15) is 72.3 Å². The number of pyridine rings is 1. The fourth-order valence-corrected chi connectivity index (χ4v) is 4.65. The molecule has 0 bridgehead atoms. The second kappa shape index (κ2) is 11.6. The van der Waals surface area contributed by atoms with Gasteiger partial charge in [0.15, 0.2) is 5.69 Å². The molecule has 0 spiro atoms. The summed E-state index contributed by atoms with van der Waals surface area (Å²) in [6, 6.07) is 8.53. The maximum absolute atomic E-state index is 13.7. The molecule has 4 rings (SSSR count). The smallest absolute Gasteiger partial charge is 0.323 e. The molecule has 0 aliphatic carbocycles. The molecule has 1 saturated heterocycles. The highest BCUT2D eigenvalue weighted by Gasteiger charge is 2.42. The van der Waals surface area contributed by atoms with Gasteiger partial charge in [0.25, 0.3) is 11.8 Å². The minimum atomic E-state index is -1.07. The Labute approximate surface area is 245 Å². The van der Waals surface area contributed by atoms with Crippen molar-refractivity contribution in [3.63, 3.8) is 0 Å². The molecule has 1 aliphatic rings. The number of aryl methyl sites for hydroxylation is 3. The van der Waals surface area contributed by atoms with E-state index in [4.69, 9.17) is 5.73 Å². The van der Waals surface area contributed by atoms with E-state index < -0.39 is 28.9 Å². The zero-order valence-corrected chi connectivity index (χ0v) is 24.9. The average Bonchev–Trinajstić information content (AvgIpc) is 3.34. The molecule has 5 amide bonds. The van der Waals surface area contributed by atoms with Gasteiger partial charge in [0.05, 0.1) is 17.4 Å². The second-order valence-corrected chi connectivity index (χ2v) is 11.9. The highest BCUT2D eigenvalue weighted by atomic mass is 16.2. The number of piperazine rings is 1. The van der Waals surface area contributed by atoms with Crippen LogP contribution in [-0.4, -0.2) is 62.0 Å². The van der Waals surface area contributed by atoms with Gasteiger partial charge in [-0.3, -0.25) is 24.0 Å². The van der Waals surface area contributed by atoms with Gasteiger partial charge in [-0.05, 0) is 89.3 Å². The molecule has 222 valence electrons. The van der Waals surface area contributed by atoms with Crippen molar-refractivity contribution in [1.82, 2.24) is 25.0 Å². The summed E-state index contributed by atoms with van der Waals surface area (Å²) in [5, 5.41) is 13.0. The molecule has 0 saturated carbocycles. The third-order valence-corrected chi connectivity index (χ3v) is 7.32. The SMILES string of the molecule is Cc1ccc(NC(=O)Nc2cn(C(C)(C)C)nc2C(=O)N2CCNC(=O)C2(C)C)cc1CCc1ccc(C(N)=O)nc1. The van der Waals surface area contributed by atoms with Gasteiger partial charge in [-0.1, -0.05) is 12.1 Å². The van der Waals surface area contributed by atoms with Crippen molar-refractivity contribution in [2.45, 2.75) is 65.5 Å². The van der Waals surface area contributed by atoms with Crippen LogP contribution in [0.15, 0.2) is 42.7 Å². The van der Waals surface area contributed by atoms with Crippen molar-refractivity contribution >= 4 is 35.1 Å². The minimum absolute atomic E-state index is 0.0587. The topological polar surface area (TPSA) is 164 Å². The maximum atomic E-state index is 13.7. The van der Waals surface area contributed by atoms with Gasteiger partial charge in [-0.2, -0.15) is 5.10 Å². The number of rotatable bonds is 7. The first-order chi connectivity index (χ1) is 19.7. The molecule has 3 aromatic rings. The number of urea groups is 1. The number of amides is 5. The van der Waals surface area contributed by atoms with Gasteiger partial charge in [-0.15, -0.1) is 0 Å². The maximum Gasteiger partial charge on any atom is 0.323 e. The molecule has 12 heteroatoms. The monoisotopic (exact) mass is 574 g/mol. The van der Waals surface area contributed by atoms with Crippen LogP contribution < -0.4 is 21.7 Å². The lowest BCUT2D eigenvalue weighted by Gasteiger charge is -2.40. The Morgan fingerprint density at radius 3 is 2.48 bits per heavy atom. The molecular weight excluding hydrogens is 536 g/mol. The minimum Gasteiger partial charge on any atom is -0.364 e. The third kappa shape index (κ3) is 6.59. The highest BCUT2D eigenvalue weighted by Crippen LogP contribution is 2.26. The van der Waals surface area contributed by atoms with E-state index in [0.717, 1.165) is 16.7 Å². The van der Waals surface area contributed by atoms with Gasteiger partial charge in [0.1, 0.15) is 11.2 Å². The van der Waals surface area contributed by atoms with Crippen molar-refractivity contribution < 1.29 is 19.2 Å². The van der Waals surface area contributed by atoms with Crippen LogP contribution >= 0.6 is 0 Å². The summed E-state index contributed by atoms with van der Waals surface area (Å²) in [7, 11) is 0. The van der Waals surface area contributed by atoms with E-state index in [9.17, 15) is 19.2 Å². The Kier molecular flexibility index (Phi) is 8.37. The van der Waals surface area contributed by atoms with Crippen LogP contribution in [0.4, 0.5) is 16.2 Å². The first-order valence-corrected chi connectivity index (χ1v) is 13.8. The van der Waals surface area contributed by atoms with Crippen molar-refractivity contribution in [2.75, 3.05) is 23.7 Å². The molecule has 2 aromatic heterocycles. The Bertz CT molecular complexity index is 1520. The zero-order chi connectivity index (χ0) is 30.8. The van der Waals surface area contributed by atoms with Crippen LogP contribution in [0.25, 0.3) is 0 Å². The molecule has 1 aliphatic heterocycles. The Balaban J connectivity index is 1.50. The quantitative estimate of drug-likeness (QED) is 0.338. The molecule has 3 heterocycles. The Morgan fingerprint density at radius 2 is 1.83 bits per heavy atom. The normalized spacial score (nSPS) is 14.7. The number of hydrogen-bond donors (Lipinski definition) is 4.